The zero-order valence-corrected chi connectivity index (χ0v) is 8.13. The zero-order chi connectivity index (χ0) is 11.0. The van der Waals surface area contributed by atoms with Crippen LogP contribution in [0.5, 0.6) is 5.75 Å². The molecule has 80 valence electrons. The first kappa shape index (κ1) is 9.76. The van der Waals surface area contributed by atoms with Crippen LogP contribution >= 0.6 is 0 Å². The van der Waals surface area contributed by atoms with E-state index in [-0.39, 0.29) is 11.3 Å². The van der Waals surface area contributed by atoms with Crippen molar-refractivity contribution in [1.82, 2.24) is 0 Å². The summed E-state index contributed by atoms with van der Waals surface area (Å²) in [4.78, 5) is 10.9. The Morgan fingerprint density at radius 1 is 1.67 bits per heavy atom. The van der Waals surface area contributed by atoms with E-state index in [2.05, 4.69) is 5.32 Å². The number of ether oxygens (including phenoxy) is 1. The van der Waals surface area contributed by atoms with E-state index in [9.17, 15) is 9.18 Å². The summed E-state index contributed by atoms with van der Waals surface area (Å²) < 4.78 is 18.4. The first-order valence-electron chi connectivity index (χ1n) is 4.51. The summed E-state index contributed by atoms with van der Waals surface area (Å²) in [6.45, 7) is 0.675. The fourth-order valence-electron chi connectivity index (χ4n) is 1.82. The predicted octanol–water partition coefficient (Wildman–Crippen LogP) is 1.50. The van der Waals surface area contributed by atoms with Crippen LogP contribution in [0.1, 0.15) is 15.9 Å². The van der Waals surface area contributed by atoms with Crippen molar-refractivity contribution < 1.29 is 19.0 Å². The second-order valence-corrected chi connectivity index (χ2v) is 3.27. The molecular formula is C10H10FNO3. The Morgan fingerprint density at radius 3 is 3.00 bits per heavy atom. The van der Waals surface area contributed by atoms with Gasteiger partial charge in [-0.2, -0.15) is 0 Å². The lowest BCUT2D eigenvalue weighted by Gasteiger charge is -2.10. The molecule has 4 nitrogen and oxygen atoms in total. The molecule has 0 bridgehead atoms. The Morgan fingerprint density at radius 2 is 2.40 bits per heavy atom. The lowest BCUT2D eigenvalue weighted by Crippen LogP contribution is -2.06. The second kappa shape index (κ2) is 3.42. The Bertz CT molecular complexity index is 431. The van der Waals surface area contributed by atoms with Gasteiger partial charge >= 0.3 is 5.97 Å². The molecule has 2 N–H and O–H groups in total. The van der Waals surface area contributed by atoms with Gasteiger partial charge in [-0.05, 0) is 12.5 Å². The number of halogens is 1. The van der Waals surface area contributed by atoms with Gasteiger partial charge in [0.1, 0.15) is 17.1 Å². The molecule has 2 rings (SSSR count). The summed E-state index contributed by atoms with van der Waals surface area (Å²) in [5.74, 6) is -1.95. The van der Waals surface area contributed by atoms with E-state index in [0.717, 1.165) is 5.56 Å². The molecule has 0 unspecified atom stereocenters. The number of carboxylic acid groups (broad SMARTS) is 1. The monoisotopic (exact) mass is 211 g/mol. The number of benzene rings is 1. The molecule has 0 spiro atoms. The lowest BCUT2D eigenvalue weighted by molar-refractivity contribution is 0.0688. The van der Waals surface area contributed by atoms with Crippen LogP contribution in [0.25, 0.3) is 0 Å². The molecular weight excluding hydrogens is 201 g/mol. The summed E-state index contributed by atoms with van der Waals surface area (Å²) in [6, 6.07) is 1.20. The molecule has 0 saturated heterocycles. The van der Waals surface area contributed by atoms with Gasteiger partial charge in [0.25, 0.3) is 0 Å². The van der Waals surface area contributed by atoms with Crippen molar-refractivity contribution in [1.29, 1.82) is 0 Å². The predicted molar refractivity (Wildman–Crippen MR) is 52.1 cm³/mol. The van der Waals surface area contributed by atoms with Gasteiger partial charge in [-0.3, -0.25) is 0 Å². The molecule has 0 radical (unpaired) electrons. The van der Waals surface area contributed by atoms with Gasteiger partial charge in [0.15, 0.2) is 0 Å². The molecule has 1 heterocycles. The van der Waals surface area contributed by atoms with E-state index in [1.54, 1.807) is 0 Å². The summed E-state index contributed by atoms with van der Waals surface area (Å²) in [6.07, 6.45) is 0.652. The second-order valence-electron chi connectivity index (χ2n) is 3.27. The normalized spacial score (nSPS) is 13.2. The summed E-state index contributed by atoms with van der Waals surface area (Å²) in [7, 11) is 1.35. The fourth-order valence-corrected chi connectivity index (χ4v) is 1.82. The van der Waals surface area contributed by atoms with E-state index in [1.165, 1.54) is 13.2 Å². The number of nitrogens with one attached hydrogen (secondary N) is 1. The van der Waals surface area contributed by atoms with Crippen LogP contribution in [0.3, 0.4) is 0 Å². The van der Waals surface area contributed by atoms with Crippen LogP contribution in [0.4, 0.5) is 10.1 Å². The van der Waals surface area contributed by atoms with Gasteiger partial charge in [0.2, 0.25) is 0 Å². The average molecular weight is 211 g/mol. The maximum absolute atomic E-state index is 13.4. The molecule has 1 aliphatic heterocycles. The Labute approximate surface area is 85.7 Å². The third-order valence-electron chi connectivity index (χ3n) is 2.44. The van der Waals surface area contributed by atoms with Gasteiger partial charge in [-0.1, -0.05) is 0 Å². The van der Waals surface area contributed by atoms with Crippen LogP contribution < -0.4 is 10.1 Å². The number of hydrogen-bond donors (Lipinski definition) is 2. The average Bonchev–Trinajstić information content (AvgIpc) is 2.62. The van der Waals surface area contributed by atoms with Crippen LogP contribution in [-0.4, -0.2) is 24.7 Å². The maximum atomic E-state index is 13.4. The topological polar surface area (TPSA) is 58.6 Å². The van der Waals surface area contributed by atoms with Crippen molar-refractivity contribution in [2.75, 3.05) is 19.0 Å². The van der Waals surface area contributed by atoms with Crippen LogP contribution in [0.2, 0.25) is 0 Å². The van der Waals surface area contributed by atoms with Crippen molar-refractivity contribution in [2.45, 2.75) is 6.42 Å². The minimum Gasteiger partial charge on any atom is -0.495 e. The first-order valence-corrected chi connectivity index (χ1v) is 4.51. The summed E-state index contributed by atoms with van der Waals surface area (Å²) in [5, 5.41) is 11.8. The van der Waals surface area contributed by atoms with Gasteiger partial charge in [0.05, 0.1) is 7.11 Å². The van der Waals surface area contributed by atoms with Crippen molar-refractivity contribution in [3.63, 3.8) is 0 Å². The standard InChI is InChI=1S/C10H10FNO3/c1-15-9-5-2-3-12-7(5)4-6(11)8(9)10(13)14/h4,12H,2-3H2,1H3,(H,13,14). The SMILES string of the molecule is COc1c2c(cc(F)c1C(=O)O)NCC2. The van der Waals surface area contributed by atoms with Crippen LogP contribution in [0, 0.1) is 5.82 Å². The molecule has 0 atom stereocenters. The van der Waals surface area contributed by atoms with Gasteiger partial charge < -0.3 is 15.2 Å². The minimum absolute atomic E-state index is 0.127. The number of carboxylic acids is 1. The lowest BCUT2D eigenvalue weighted by atomic mass is 10.1. The van der Waals surface area contributed by atoms with E-state index >= 15 is 0 Å². The number of fused-ring (bicyclic) bond motifs is 1. The molecule has 15 heavy (non-hydrogen) atoms. The van der Waals surface area contributed by atoms with Gasteiger partial charge in [-0.25, -0.2) is 9.18 Å². The largest absolute Gasteiger partial charge is 0.495 e. The number of rotatable bonds is 2. The van der Waals surface area contributed by atoms with Gasteiger partial charge in [0, 0.05) is 17.8 Å². The highest BCUT2D eigenvalue weighted by molar-refractivity contribution is 5.93. The Kier molecular flexibility index (Phi) is 2.22. The number of anilines is 1. The Hall–Kier alpha value is -1.78. The molecule has 0 fully saturated rings. The molecule has 0 aliphatic carbocycles. The molecule has 1 aromatic carbocycles. The minimum atomic E-state index is -1.31. The first-order chi connectivity index (χ1) is 7.15. The summed E-state index contributed by atoms with van der Waals surface area (Å²) >= 11 is 0. The Balaban J connectivity index is 2.69. The molecule has 0 amide bonds. The molecule has 0 saturated carbocycles. The van der Waals surface area contributed by atoms with Crippen molar-refractivity contribution >= 4 is 11.7 Å². The summed E-state index contributed by atoms with van der Waals surface area (Å²) in [5.41, 5.74) is 0.964. The number of aromatic carboxylic acids is 1. The maximum Gasteiger partial charge on any atom is 0.342 e. The van der Waals surface area contributed by atoms with Crippen molar-refractivity contribution in [3.8, 4) is 5.75 Å². The van der Waals surface area contributed by atoms with E-state index in [0.29, 0.717) is 18.7 Å². The molecule has 5 heteroatoms. The smallest absolute Gasteiger partial charge is 0.342 e. The number of hydrogen-bond acceptors (Lipinski definition) is 3. The van der Waals surface area contributed by atoms with Gasteiger partial charge in [-0.15, -0.1) is 0 Å². The molecule has 1 aromatic rings. The van der Waals surface area contributed by atoms with E-state index in [4.69, 9.17) is 9.84 Å². The number of carbonyl (C=O) groups is 1. The van der Waals surface area contributed by atoms with Crippen LogP contribution in [-0.2, 0) is 6.42 Å². The highest BCUT2D eigenvalue weighted by atomic mass is 19.1. The van der Waals surface area contributed by atoms with E-state index in [1.807, 2.05) is 0 Å². The quantitative estimate of drug-likeness (QED) is 0.778. The third-order valence-corrected chi connectivity index (χ3v) is 2.44. The van der Waals surface area contributed by atoms with Crippen LogP contribution in [0.15, 0.2) is 6.07 Å². The highest BCUT2D eigenvalue weighted by Crippen LogP contribution is 2.36. The van der Waals surface area contributed by atoms with Crippen molar-refractivity contribution in [2.24, 2.45) is 0 Å². The molecule has 1 aliphatic rings. The fraction of sp³-hybridized carbons (Fsp3) is 0.300. The molecule has 0 aromatic heterocycles. The zero-order valence-electron chi connectivity index (χ0n) is 8.13. The van der Waals surface area contributed by atoms with Crippen molar-refractivity contribution in [3.05, 3.63) is 23.0 Å². The van der Waals surface area contributed by atoms with E-state index < -0.39 is 11.8 Å². The third kappa shape index (κ3) is 1.40. The number of methoxy groups -OCH3 is 1. The highest BCUT2D eigenvalue weighted by Gasteiger charge is 2.25.